The van der Waals surface area contributed by atoms with Crippen molar-refractivity contribution in [3.63, 3.8) is 0 Å². The van der Waals surface area contributed by atoms with Crippen molar-refractivity contribution in [2.24, 2.45) is 0 Å². The number of benzene rings is 1. The second-order valence-electron chi connectivity index (χ2n) is 6.43. The molecule has 3 heterocycles. The number of aromatic nitrogens is 5. The molecule has 25 heavy (non-hydrogen) atoms. The number of para-hydroxylation sites is 1. The zero-order valence-corrected chi connectivity index (χ0v) is 14.5. The lowest BCUT2D eigenvalue weighted by Gasteiger charge is -2.28. The molecular formula is C18H21N7. The van der Waals surface area contributed by atoms with E-state index in [9.17, 15) is 0 Å². The molecule has 0 unspecified atom stereocenters. The topological polar surface area (TPSA) is 63.0 Å². The van der Waals surface area contributed by atoms with Crippen LogP contribution in [0.15, 0.2) is 42.9 Å². The van der Waals surface area contributed by atoms with E-state index in [2.05, 4.69) is 37.0 Å². The predicted octanol–water partition coefficient (Wildman–Crippen LogP) is 1.68. The Balaban J connectivity index is 1.55. The van der Waals surface area contributed by atoms with Crippen LogP contribution in [0.2, 0.25) is 0 Å². The van der Waals surface area contributed by atoms with Crippen LogP contribution in [0.1, 0.15) is 17.0 Å². The molecule has 2 aromatic heterocycles. The van der Waals surface area contributed by atoms with E-state index >= 15 is 0 Å². The van der Waals surface area contributed by atoms with Gasteiger partial charge in [-0.3, -0.25) is 0 Å². The second kappa shape index (κ2) is 6.60. The number of hydrogen-bond donors (Lipinski definition) is 0. The highest BCUT2D eigenvalue weighted by atomic mass is 15.5. The molecule has 0 N–H and O–H groups in total. The molecule has 3 aromatic rings. The molecule has 0 bridgehead atoms. The van der Waals surface area contributed by atoms with Gasteiger partial charge in [-0.2, -0.15) is 15.0 Å². The van der Waals surface area contributed by atoms with Gasteiger partial charge in [0.2, 0.25) is 0 Å². The first-order valence-corrected chi connectivity index (χ1v) is 8.40. The van der Waals surface area contributed by atoms with Crippen molar-refractivity contribution in [3.05, 3.63) is 59.8 Å². The average Bonchev–Trinajstić information content (AvgIpc) is 3.10. The largest absolute Gasteiger partial charge is 0.353 e. The van der Waals surface area contributed by atoms with Gasteiger partial charge in [0.15, 0.2) is 0 Å². The minimum Gasteiger partial charge on any atom is -0.353 e. The lowest BCUT2D eigenvalue weighted by molar-refractivity contribution is 0.309. The monoisotopic (exact) mass is 335 g/mol. The predicted molar refractivity (Wildman–Crippen MR) is 95.5 cm³/mol. The Labute approximate surface area is 146 Å². The van der Waals surface area contributed by atoms with Gasteiger partial charge in [0.05, 0.1) is 24.1 Å². The van der Waals surface area contributed by atoms with Crippen molar-refractivity contribution in [3.8, 4) is 5.69 Å². The number of hydrogen-bond acceptors (Lipinski definition) is 6. The maximum absolute atomic E-state index is 4.58. The average molecular weight is 335 g/mol. The third-order valence-electron chi connectivity index (χ3n) is 4.46. The molecule has 4 rings (SSSR count). The van der Waals surface area contributed by atoms with Gasteiger partial charge in [-0.05, 0) is 19.2 Å². The van der Waals surface area contributed by atoms with Crippen LogP contribution in [-0.2, 0) is 19.5 Å². The first-order chi connectivity index (χ1) is 12.2. The van der Waals surface area contributed by atoms with Crippen LogP contribution in [0.3, 0.4) is 0 Å². The first kappa shape index (κ1) is 15.7. The van der Waals surface area contributed by atoms with E-state index in [-0.39, 0.29) is 0 Å². The Morgan fingerprint density at radius 3 is 2.84 bits per heavy atom. The lowest BCUT2D eigenvalue weighted by atomic mass is 10.1. The molecule has 7 heteroatoms. The van der Waals surface area contributed by atoms with E-state index in [0.717, 1.165) is 42.4 Å². The van der Waals surface area contributed by atoms with Crippen LogP contribution >= 0.6 is 0 Å². The van der Waals surface area contributed by atoms with Crippen molar-refractivity contribution in [2.45, 2.75) is 19.5 Å². The van der Waals surface area contributed by atoms with Gasteiger partial charge in [0.1, 0.15) is 17.8 Å². The minimum atomic E-state index is 0.653. The molecular weight excluding hydrogens is 314 g/mol. The summed E-state index contributed by atoms with van der Waals surface area (Å²) in [6.07, 6.45) is 4.44. The summed E-state index contributed by atoms with van der Waals surface area (Å²) in [5.74, 6) is 0.978. The Hall–Kier alpha value is -2.80. The van der Waals surface area contributed by atoms with E-state index in [1.807, 2.05) is 43.6 Å². The highest BCUT2D eigenvalue weighted by Crippen LogP contribution is 2.25. The van der Waals surface area contributed by atoms with E-state index in [4.69, 9.17) is 0 Å². The normalized spacial score (nSPS) is 14.3. The molecule has 128 valence electrons. The summed E-state index contributed by atoms with van der Waals surface area (Å²) >= 11 is 0. The zero-order chi connectivity index (χ0) is 17.2. The SMILES string of the molecule is CN1CCc2ncnc(N(C)Cc3cnn(-c4ccccc4)n3)c2C1. The van der Waals surface area contributed by atoms with E-state index in [0.29, 0.717) is 6.54 Å². The summed E-state index contributed by atoms with van der Waals surface area (Å²) < 4.78 is 0. The molecule has 7 nitrogen and oxygen atoms in total. The Kier molecular flexibility index (Phi) is 4.15. The number of rotatable bonds is 4. The zero-order valence-electron chi connectivity index (χ0n) is 14.5. The van der Waals surface area contributed by atoms with Crippen molar-refractivity contribution >= 4 is 5.82 Å². The molecule has 0 saturated heterocycles. The molecule has 0 amide bonds. The van der Waals surface area contributed by atoms with Crippen LogP contribution in [0.4, 0.5) is 5.82 Å². The summed E-state index contributed by atoms with van der Waals surface area (Å²) in [6.45, 7) is 2.57. The summed E-state index contributed by atoms with van der Waals surface area (Å²) in [5, 5.41) is 8.95. The van der Waals surface area contributed by atoms with Crippen LogP contribution in [0.25, 0.3) is 5.69 Å². The maximum atomic E-state index is 4.58. The molecule has 1 aliphatic rings. The van der Waals surface area contributed by atoms with Crippen LogP contribution in [0.5, 0.6) is 0 Å². The molecule has 0 aliphatic carbocycles. The van der Waals surface area contributed by atoms with Gasteiger partial charge in [0.25, 0.3) is 0 Å². The van der Waals surface area contributed by atoms with Crippen LogP contribution < -0.4 is 4.90 Å². The summed E-state index contributed by atoms with van der Waals surface area (Å²) in [6, 6.07) is 9.92. The molecule has 0 saturated carbocycles. The molecule has 1 aromatic carbocycles. The number of fused-ring (bicyclic) bond motifs is 1. The second-order valence-corrected chi connectivity index (χ2v) is 6.43. The summed E-state index contributed by atoms with van der Waals surface area (Å²) in [5.41, 5.74) is 4.23. The fourth-order valence-electron chi connectivity index (χ4n) is 3.16. The molecule has 0 fully saturated rings. The first-order valence-electron chi connectivity index (χ1n) is 8.40. The van der Waals surface area contributed by atoms with Gasteiger partial charge in [0, 0.05) is 32.1 Å². The number of nitrogens with zero attached hydrogens (tertiary/aromatic N) is 7. The van der Waals surface area contributed by atoms with Gasteiger partial charge in [-0.1, -0.05) is 18.2 Å². The lowest BCUT2D eigenvalue weighted by Crippen LogP contribution is -2.30. The summed E-state index contributed by atoms with van der Waals surface area (Å²) in [4.78, 5) is 15.1. The van der Waals surface area contributed by atoms with Crippen LogP contribution in [0, 0.1) is 0 Å². The van der Waals surface area contributed by atoms with E-state index in [1.54, 1.807) is 11.1 Å². The third-order valence-corrected chi connectivity index (χ3v) is 4.46. The Morgan fingerprint density at radius 1 is 1.16 bits per heavy atom. The molecule has 0 spiro atoms. The number of anilines is 1. The molecule has 0 radical (unpaired) electrons. The van der Waals surface area contributed by atoms with Crippen LogP contribution in [-0.4, -0.2) is 50.5 Å². The van der Waals surface area contributed by atoms with Crippen molar-refractivity contribution < 1.29 is 0 Å². The van der Waals surface area contributed by atoms with E-state index < -0.39 is 0 Å². The minimum absolute atomic E-state index is 0.653. The smallest absolute Gasteiger partial charge is 0.136 e. The van der Waals surface area contributed by atoms with Crippen molar-refractivity contribution in [1.29, 1.82) is 0 Å². The fourth-order valence-corrected chi connectivity index (χ4v) is 3.16. The molecule has 0 atom stereocenters. The highest BCUT2D eigenvalue weighted by molar-refractivity contribution is 5.49. The highest BCUT2D eigenvalue weighted by Gasteiger charge is 2.21. The quantitative estimate of drug-likeness (QED) is 0.723. The van der Waals surface area contributed by atoms with Gasteiger partial charge < -0.3 is 9.80 Å². The Morgan fingerprint density at radius 2 is 2.00 bits per heavy atom. The van der Waals surface area contributed by atoms with Gasteiger partial charge in [-0.25, -0.2) is 9.97 Å². The fraction of sp³-hybridized carbons (Fsp3) is 0.333. The Bertz CT molecular complexity index is 859. The maximum Gasteiger partial charge on any atom is 0.136 e. The standard InChI is InChI=1S/C18H21N7/c1-23-9-8-17-16(12-23)18(20-13-19-17)24(2)11-14-10-21-25(22-14)15-6-4-3-5-7-15/h3-7,10,13H,8-9,11-12H2,1-2H3. The van der Waals surface area contributed by atoms with E-state index in [1.165, 1.54) is 5.56 Å². The summed E-state index contributed by atoms with van der Waals surface area (Å²) in [7, 11) is 4.17. The molecule has 1 aliphatic heterocycles. The number of likely N-dealkylation sites (N-methyl/N-ethyl adjacent to an activating group) is 1. The van der Waals surface area contributed by atoms with Crippen molar-refractivity contribution in [2.75, 3.05) is 25.5 Å². The third kappa shape index (κ3) is 3.23. The van der Waals surface area contributed by atoms with Crippen molar-refractivity contribution in [1.82, 2.24) is 29.9 Å². The van der Waals surface area contributed by atoms with Gasteiger partial charge in [-0.15, -0.1) is 0 Å². The van der Waals surface area contributed by atoms with Gasteiger partial charge >= 0.3 is 0 Å².